The van der Waals surface area contributed by atoms with E-state index >= 15 is 0 Å². The highest BCUT2D eigenvalue weighted by Crippen LogP contribution is 2.15. The average molecular weight is 173 g/mol. The van der Waals surface area contributed by atoms with E-state index in [-0.39, 0.29) is 0 Å². The van der Waals surface area contributed by atoms with Crippen LogP contribution in [0.4, 0.5) is 0 Å². The Kier molecular flexibility index (Phi) is 4.69. The van der Waals surface area contributed by atoms with E-state index in [1.165, 1.54) is 38.5 Å². The van der Waals surface area contributed by atoms with Crippen molar-refractivity contribution in [2.75, 3.05) is 0 Å². The summed E-state index contributed by atoms with van der Waals surface area (Å²) in [6, 6.07) is 0. The molecule has 11 heavy (non-hydrogen) atoms. The van der Waals surface area contributed by atoms with Crippen molar-refractivity contribution in [1.29, 1.82) is 0 Å². The second-order valence-electron chi connectivity index (χ2n) is 3.29. The summed E-state index contributed by atoms with van der Waals surface area (Å²) < 4.78 is 0. The first-order valence-corrected chi connectivity index (χ1v) is 5.14. The molecular formula is C10H17Cl. The molecule has 0 aromatic carbocycles. The summed E-state index contributed by atoms with van der Waals surface area (Å²) >= 11 is 6.03. The maximum absolute atomic E-state index is 6.03. The monoisotopic (exact) mass is 172 g/mol. The molecule has 0 aliphatic heterocycles. The second-order valence-corrected chi connectivity index (χ2v) is 3.85. The van der Waals surface area contributed by atoms with Crippen LogP contribution in [0.15, 0.2) is 12.2 Å². The number of alkyl halides is 1. The minimum absolute atomic E-state index is 0.299. The van der Waals surface area contributed by atoms with Gasteiger partial charge in [-0.05, 0) is 19.3 Å². The van der Waals surface area contributed by atoms with Crippen LogP contribution in [0.25, 0.3) is 0 Å². The summed E-state index contributed by atoms with van der Waals surface area (Å²) in [5.74, 6) is 0. The number of hydrogen-bond acceptors (Lipinski definition) is 0. The maximum atomic E-state index is 6.03. The van der Waals surface area contributed by atoms with Gasteiger partial charge in [-0.15, -0.1) is 11.6 Å². The fourth-order valence-electron chi connectivity index (χ4n) is 1.47. The summed E-state index contributed by atoms with van der Waals surface area (Å²) in [4.78, 5) is 0. The minimum Gasteiger partial charge on any atom is -0.118 e. The van der Waals surface area contributed by atoms with Gasteiger partial charge in [0.2, 0.25) is 0 Å². The Balaban J connectivity index is 2.26. The van der Waals surface area contributed by atoms with Crippen molar-refractivity contribution in [2.24, 2.45) is 0 Å². The zero-order valence-electron chi connectivity index (χ0n) is 7.06. The lowest BCUT2D eigenvalue weighted by Crippen LogP contribution is -1.94. The van der Waals surface area contributed by atoms with Gasteiger partial charge >= 0.3 is 0 Å². The van der Waals surface area contributed by atoms with Crippen molar-refractivity contribution in [1.82, 2.24) is 0 Å². The van der Waals surface area contributed by atoms with Gasteiger partial charge < -0.3 is 0 Å². The van der Waals surface area contributed by atoms with E-state index in [0.29, 0.717) is 5.38 Å². The Hall–Kier alpha value is 0.0300. The van der Waals surface area contributed by atoms with Gasteiger partial charge in [0.05, 0.1) is 5.38 Å². The molecule has 1 rings (SSSR count). The first-order valence-electron chi connectivity index (χ1n) is 4.70. The van der Waals surface area contributed by atoms with Gasteiger partial charge in [0, 0.05) is 0 Å². The van der Waals surface area contributed by atoms with Crippen LogP contribution in [-0.4, -0.2) is 5.38 Å². The molecule has 1 heteroatoms. The lowest BCUT2D eigenvalue weighted by molar-refractivity contribution is 0.594. The molecule has 0 radical (unpaired) electrons. The smallest absolute Gasteiger partial charge is 0.0516 e. The van der Waals surface area contributed by atoms with Crippen molar-refractivity contribution in [3.05, 3.63) is 12.2 Å². The number of hydrogen-bond donors (Lipinski definition) is 0. The summed E-state index contributed by atoms with van der Waals surface area (Å²) in [7, 11) is 0. The average Bonchev–Trinajstić information content (AvgIpc) is 2.03. The van der Waals surface area contributed by atoms with Crippen LogP contribution in [0.3, 0.4) is 0 Å². The lowest BCUT2D eigenvalue weighted by Gasteiger charge is -2.06. The fourth-order valence-corrected chi connectivity index (χ4v) is 1.73. The molecule has 64 valence electrons. The van der Waals surface area contributed by atoms with E-state index in [9.17, 15) is 0 Å². The zero-order chi connectivity index (χ0) is 7.94. The van der Waals surface area contributed by atoms with Gasteiger partial charge in [-0.3, -0.25) is 0 Å². The minimum atomic E-state index is 0.299. The molecule has 1 atom stereocenters. The topological polar surface area (TPSA) is 0 Å². The van der Waals surface area contributed by atoms with E-state index < -0.39 is 0 Å². The molecule has 1 unspecified atom stereocenters. The fraction of sp³-hybridized carbons (Fsp3) is 0.800. The van der Waals surface area contributed by atoms with Crippen LogP contribution in [-0.2, 0) is 0 Å². The molecule has 0 saturated carbocycles. The van der Waals surface area contributed by atoms with Crippen LogP contribution in [0.1, 0.15) is 44.9 Å². The van der Waals surface area contributed by atoms with Gasteiger partial charge in [-0.25, -0.2) is 0 Å². The Bertz CT molecular complexity index is 118. The standard InChI is InChI=1S/C10H17Cl/c11-10-8-6-4-2-1-3-5-7-9-10/h6,8,10H,1-5,7,9H2. The van der Waals surface area contributed by atoms with Gasteiger partial charge in [0.15, 0.2) is 0 Å². The second kappa shape index (κ2) is 5.65. The molecule has 0 fully saturated rings. The van der Waals surface area contributed by atoms with Crippen LogP contribution >= 0.6 is 11.6 Å². The highest BCUT2D eigenvalue weighted by molar-refractivity contribution is 6.21. The van der Waals surface area contributed by atoms with Crippen molar-refractivity contribution in [2.45, 2.75) is 50.3 Å². The van der Waals surface area contributed by atoms with Gasteiger partial charge in [-0.2, -0.15) is 0 Å². The third-order valence-corrected chi connectivity index (χ3v) is 2.56. The van der Waals surface area contributed by atoms with Crippen molar-refractivity contribution >= 4 is 11.6 Å². The molecule has 0 heterocycles. The predicted molar refractivity (Wildman–Crippen MR) is 51.1 cm³/mol. The number of rotatable bonds is 0. The molecule has 0 N–H and O–H groups in total. The van der Waals surface area contributed by atoms with E-state index in [0.717, 1.165) is 6.42 Å². The predicted octanol–water partition coefficient (Wildman–Crippen LogP) is 3.89. The lowest BCUT2D eigenvalue weighted by atomic mass is 10.1. The molecule has 1 aliphatic rings. The van der Waals surface area contributed by atoms with E-state index in [1.807, 2.05) is 0 Å². The van der Waals surface area contributed by atoms with Crippen LogP contribution < -0.4 is 0 Å². The van der Waals surface area contributed by atoms with Crippen LogP contribution in [0.5, 0.6) is 0 Å². The van der Waals surface area contributed by atoms with E-state index in [1.54, 1.807) is 0 Å². The summed E-state index contributed by atoms with van der Waals surface area (Å²) in [5.41, 5.74) is 0. The molecule has 1 aliphatic carbocycles. The van der Waals surface area contributed by atoms with Crippen LogP contribution in [0.2, 0.25) is 0 Å². The van der Waals surface area contributed by atoms with Crippen molar-refractivity contribution in [3.8, 4) is 0 Å². The molecule has 0 amide bonds. The molecular weight excluding hydrogens is 156 g/mol. The molecule has 0 aromatic rings. The van der Waals surface area contributed by atoms with E-state index in [2.05, 4.69) is 12.2 Å². The molecule has 0 bridgehead atoms. The zero-order valence-corrected chi connectivity index (χ0v) is 7.82. The van der Waals surface area contributed by atoms with E-state index in [4.69, 9.17) is 11.6 Å². The normalized spacial score (nSPS) is 28.3. The number of halogens is 1. The highest BCUT2D eigenvalue weighted by atomic mass is 35.5. The SMILES string of the molecule is ClC1C=CCCCCCCC1. The van der Waals surface area contributed by atoms with Crippen molar-refractivity contribution < 1.29 is 0 Å². The molecule has 0 nitrogen and oxygen atoms in total. The van der Waals surface area contributed by atoms with Gasteiger partial charge in [0.1, 0.15) is 0 Å². The Labute approximate surface area is 74.6 Å². The molecule has 0 saturated heterocycles. The highest BCUT2D eigenvalue weighted by Gasteiger charge is 2.00. The van der Waals surface area contributed by atoms with Gasteiger partial charge in [0.25, 0.3) is 0 Å². The number of allylic oxidation sites excluding steroid dienone is 2. The Morgan fingerprint density at radius 1 is 1.00 bits per heavy atom. The van der Waals surface area contributed by atoms with Gasteiger partial charge in [-0.1, -0.05) is 37.8 Å². The Morgan fingerprint density at radius 2 is 1.73 bits per heavy atom. The summed E-state index contributed by atoms with van der Waals surface area (Å²) in [6.45, 7) is 0. The largest absolute Gasteiger partial charge is 0.118 e. The third kappa shape index (κ3) is 4.47. The third-order valence-electron chi connectivity index (χ3n) is 2.20. The summed E-state index contributed by atoms with van der Waals surface area (Å²) in [6.07, 6.45) is 13.6. The quantitative estimate of drug-likeness (QED) is 0.384. The first kappa shape index (κ1) is 9.12. The molecule has 0 aromatic heterocycles. The Morgan fingerprint density at radius 3 is 2.64 bits per heavy atom. The van der Waals surface area contributed by atoms with Crippen LogP contribution in [0, 0.1) is 0 Å². The summed E-state index contributed by atoms with van der Waals surface area (Å²) in [5, 5.41) is 0.299. The molecule has 0 spiro atoms. The van der Waals surface area contributed by atoms with Crippen molar-refractivity contribution in [3.63, 3.8) is 0 Å². The maximum Gasteiger partial charge on any atom is 0.0516 e. The first-order chi connectivity index (χ1) is 5.39.